The zero-order valence-corrected chi connectivity index (χ0v) is 10.4. The van der Waals surface area contributed by atoms with E-state index in [1.165, 1.54) is 51.2 Å². The van der Waals surface area contributed by atoms with Gasteiger partial charge in [0, 0.05) is 24.9 Å². The van der Waals surface area contributed by atoms with Gasteiger partial charge in [-0.05, 0) is 38.6 Å². The molecule has 0 spiro atoms. The summed E-state index contributed by atoms with van der Waals surface area (Å²) in [6.07, 6.45) is 6.18. The second-order valence-electron chi connectivity index (χ2n) is 4.09. The first-order valence-corrected chi connectivity index (χ1v) is 7.21. The fraction of sp³-hybridized carbons (Fsp3) is 1.00. The molecule has 84 valence electrons. The van der Waals surface area contributed by atoms with Crippen molar-refractivity contribution in [3.05, 3.63) is 0 Å². The second kappa shape index (κ2) is 7.55. The van der Waals surface area contributed by atoms with Crippen LogP contribution in [0.3, 0.4) is 0 Å². The van der Waals surface area contributed by atoms with Crippen LogP contribution >= 0.6 is 11.8 Å². The van der Waals surface area contributed by atoms with Crippen LogP contribution in [0.1, 0.15) is 26.2 Å². The van der Waals surface area contributed by atoms with Crippen LogP contribution in [-0.4, -0.2) is 49.1 Å². The van der Waals surface area contributed by atoms with Crippen molar-refractivity contribution in [2.45, 2.75) is 32.2 Å². The Morgan fingerprint density at radius 1 is 1.50 bits per heavy atom. The van der Waals surface area contributed by atoms with Gasteiger partial charge < -0.3 is 10.2 Å². The Hall–Kier alpha value is 0.270. The molecule has 1 heterocycles. The topological polar surface area (TPSA) is 15.3 Å². The van der Waals surface area contributed by atoms with Gasteiger partial charge in [0.2, 0.25) is 0 Å². The molecule has 1 saturated heterocycles. The van der Waals surface area contributed by atoms with Gasteiger partial charge in [-0.1, -0.05) is 6.92 Å². The molecule has 0 aromatic heterocycles. The normalized spacial score (nSPS) is 24.0. The molecule has 0 bridgehead atoms. The van der Waals surface area contributed by atoms with Gasteiger partial charge in [0.05, 0.1) is 0 Å². The van der Waals surface area contributed by atoms with E-state index in [-0.39, 0.29) is 0 Å². The summed E-state index contributed by atoms with van der Waals surface area (Å²) in [5, 5.41) is 3.63. The minimum absolute atomic E-state index is 0.755. The van der Waals surface area contributed by atoms with Crippen LogP contribution in [0.4, 0.5) is 0 Å². The van der Waals surface area contributed by atoms with Crippen molar-refractivity contribution in [3.63, 3.8) is 0 Å². The summed E-state index contributed by atoms with van der Waals surface area (Å²) in [4.78, 5) is 2.60. The molecule has 14 heavy (non-hydrogen) atoms. The van der Waals surface area contributed by atoms with E-state index in [4.69, 9.17) is 0 Å². The van der Waals surface area contributed by atoms with Crippen molar-refractivity contribution < 1.29 is 0 Å². The first-order valence-electron chi connectivity index (χ1n) is 5.81. The maximum Gasteiger partial charge on any atom is 0.0195 e. The molecular formula is C11H24N2S. The molecule has 0 amide bonds. The average molecular weight is 216 g/mol. The third-order valence-electron chi connectivity index (χ3n) is 2.80. The summed E-state index contributed by atoms with van der Waals surface area (Å²) in [5.74, 6) is 1.28. The molecule has 0 aromatic rings. The number of likely N-dealkylation sites (tertiary alicyclic amines) is 1. The van der Waals surface area contributed by atoms with Gasteiger partial charge in [-0.15, -0.1) is 0 Å². The molecule has 2 nitrogen and oxygen atoms in total. The Bertz CT molecular complexity index is 127. The molecule has 1 N–H and O–H groups in total. The van der Waals surface area contributed by atoms with Gasteiger partial charge in [0.25, 0.3) is 0 Å². The van der Waals surface area contributed by atoms with Crippen molar-refractivity contribution in [1.29, 1.82) is 0 Å². The monoisotopic (exact) mass is 216 g/mol. The maximum absolute atomic E-state index is 3.63. The van der Waals surface area contributed by atoms with Gasteiger partial charge in [-0.25, -0.2) is 0 Å². The zero-order valence-electron chi connectivity index (χ0n) is 9.59. The molecular weight excluding hydrogens is 192 g/mol. The van der Waals surface area contributed by atoms with E-state index in [0.29, 0.717) is 0 Å². The van der Waals surface area contributed by atoms with Crippen LogP contribution in [0, 0.1) is 0 Å². The lowest BCUT2D eigenvalue weighted by molar-refractivity contribution is 0.201. The van der Waals surface area contributed by atoms with E-state index < -0.39 is 0 Å². The molecule has 0 radical (unpaired) electrons. The highest BCUT2D eigenvalue weighted by molar-refractivity contribution is 7.98. The van der Waals surface area contributed by atoms with E-state index in [2.05, 4.69) is 23.4 Å². The minimum atomic E-state index is 0.755. The van der Waals surface area contributed by atoms with Crippen LogP contribution in [-0.2, 0) is 0 Å². The Morgan fingerprint density at radius 2 is 2.36 bits per heavy atom. The van der Waals surface area contributed by atoms with Gasteiger partial charge in [0.1, 0.15) is 0 Å². The molecule has 3 heteroatoms. The van der Waals surface area contributed by atoms with Gasteiger partial charge >= 0.3 is 0 Å². The Morgan fingerprint density at radius 3 is 3.07 bits per heavy atom. The smallest absolute Gasteiger partial charge is 0.0195 e. The van der Waals surface area contributed by atoms with Crippen LogP contribution in [0.15, 0.2) is 0 Å². The van der Waals surface area contributed by atoms with E-state index in [1.807, 2.05) is 11.8 Å². The van der Waals surface area contributed by atoms with Crippen LogP contribution < -0.4 is 5.32 Å². The van der Waals surface area contributed by atoms with Gasteiger partial charge in [-0.2, -0.15) is 11.8 Å². The number of hydrogen-bond acceptors (Lipinski definition) is 3. The second-order valence-corrected chi connectivity index (χ2v) is 5.07. The minimum Gasteiger partial charge on any atom is -0.313 e. The van der Waals surface area contributed by atoms with Crippen molar-refractivity contribution in [2.24, 2.45) is 0 Å². The molecule has 0 saturated carbocycles. The lowest BCUT2D eigenvalue weighted by Gasteiger charge is -2.33. The summed E-state index contributed by atoms with van der Waals surface area (Å²) >= 11 is 1.95. The fourth-order valence-corrected chi connectivity index (χ4v) is 2.43. The highest BCUT2D eigenvalue weighted by atomic mass is 32.2. The van der Waals surface area contributed by atoms with Crippen molar-refractivity contribution in [1.82, 2.24) is 10.2 Å². The Balaban J connectivity index is 2.14. The Labute approximate surface area is 92.8 Å². The number of thioether (sulfide) groups is 1. The molecule has 0 aromatic carbocycles. The van der Waals surface area contributed by atoms with Gasteiger partial charge in [-0.3, -0.25) is 0 Å². The van der Waals surface area contributed by atoms with Crippen molar-refractivity contribution in [3.8, 4) is 0 Å². The lowest BCUT2D eigenvalue weighted by Crippen LogP contribution is -2.46. The highest BCUT2D eigenvalue weighted by Crippen LogP contribution is 2.10. The fourth-order valence-electron chi connectivity index (χ4n) is 1.99. The average Bonchev–Trinajstić information content (AvgIpc) is 2.24. The SMILES string of the molecule is CCCNC1CCCN(CCSC)C1. The van der Waals surface area contributed by atoms with Crippen LogP contribution in [0.2, 0.25) is 0 Å². The number of hydrogen-bond donors (Lipinski definition) is 1. The van der Waals surface area contributed by atoms with Crippen molar-refractivity contribution in [2.75, 3.05) is 38.2 Å². The van der Waals surface area contributed by atoms with Crippen LogP contribution in [0.25, 0.3) is 0 Å². The highest BCUT2D eigenvalue weighted by Gasteiger charge is 2.18. The summed E-state index contributed by atoms with van der Waals surface area (Å²) in [6.45, 7) is 7.26. The number of piperidine rings is 1. The molecule has 0 aliphatic carbocycles. The standard InChI is InChI=1S/C11H24N2S/c1-3-6-12-11-5-4-7-13(10-11)8-9-14-2/h11-12H,3-10H2,1-2H3. The van der Waals surface area contributed by atoms with E-state index >= 15 is 0 Å². The first-order chi connectivity index (χ1) is 6.86. The predicted molar refractivity (Wildman–Crippen MR) is 66.1 cm³/mol. The molecule has 1 atom stereocenters. The Kier molecular flexibility index (Phi) is 6.65. The molecule has 1 rings (SSSR count). The number of nitrogens with one attached hydrogen (secondary N) is 1. The quantitative estimate of drug-likeness (QED) is 0.729. The van der Waals surface area contributed by atoms with E-state index in [0.717, 1.165) is 6.04 Å². The molecule has 1 fully saturated rings. The summed E-state index contributed by atoms with van der Waals surface area (Å²) in [5.41, 5.74) is 0. The molecule has 1 aliphatic rings. The zero-order chi connectivity index (χ0) is 10.2. The van der Waals surface area contributed by atoms with Crippen molar-refractivity contribution >= 4 is 11.8 Å². The third-order valence-corrected chi connectivity index (χ3v) is 3.39. The number of rotatable bonds is 6. The maximum atomic E-state index is 3.63. The lowest BCUT2D eigenvalue weighted by atomic mass is 10.1. The summed E-state index contributed by atoms with van der Waals surface area (Å²) in [6, 6.07) is 0.755. The largest absolute Gasteiger partial charge is 0.313 e. The molecule has 1 aliphatic heterocycles. The number of nitrogens with zero attached hydrogens (tertiary/aromatic N) is 1. The van der Waals surface area contributed by atoms with Crippen LogP contribution in [0.5, 0.6) is 0 Å². The first kappa shape index (κ1) is 12.3. The van der Waals surface area contributed by atoms with E-state index in [1.54, 1.807) is 0 Å². The van der Waals surface area contributed by atoms with Gasteiger partial charge in [0.15, 0.2) is 0 Å². The van der Waals surface area contributed by atoms with E-state index in [9.17, 15) is 0 Å². The predicted octanol–water partition coefficient (Wildman–Crippen LogP) is 1.81. The summed E-state index contributed by atoms with van der Waals surface area (Å²) < 4.78 is 0. The molecule has 1 unspecified atom stereocenters. The third kappa shape index (κ3) is 4.67. The summed E-state index contributed by atoms with van der Waals surface area (Å²) in [7, 11) is 0.